The van der Waals surface area contributed by atoms with E-state index in [2.05, 4.69) is 24.0 Å². The first-order valence-corrected chi connectivity index (χ1v) is 5.81. The summed E-state index contributed by atoms with van der Waals surface area (Å²) in [6.45, 7) is 6.15. The molecule has 0 amide bonds. The van der Waals surface area contributed by atoms with Crippen LogP contribution in [0.2, 0.25) is 0 Å². The van der Waals surface area contributed by atoms with Gasteiger partial charge in [-0.05, 0) is 37.6 Å². The first-order chi connectivity index (χ1) is 7.31. The maximum atomic E-state index is 5.69. The summed E-state index contributed by atoms with van der Waals surface area (Å²) in [7, 11) is 0. The van der Waals surface area contributed by atoms with Gasteiger partial charge in [-0.2, -0.15) is 0 Å². The van der Waals surface area contributed by atoms with Crippen molar-refractivity contribution < 1.29 is 4.42 Å². The minimum atomic E-state index is 0.686. The molecule has 1 aromatic heterocycles. The Morgan fingerprint density at radius 3 is 2.87 bits per heavy atom. The number of nitrogens with zero attached hydrogens (tertiary/aromatic N) is 1. The lowest BCUT2D eigenvalue weighted by atomic mass is 10.1. The Kier molecular flexibility index (Phi) is 3.44. The van der Waals surface area contributed by atoms with Gasteiger partial charge in [-0.1, -0.05) is 6.92 Å². The fourth-order valence-corrected chi connectivity index (χ4v) is 2.17. The largest absolute Gasteiger partial charge is 0.465 e. The summed E-state index contributed by atoms with van der Waals surface area (Å²) < 4.78 is 5.69. The second kappa shape index (κ2) is 4.81. The molecule has 1 saturated heterocycles. The van der Waals surface area contributed by atoms with E-state index in [4.69, 9.17) is 10.2 Å². The van der Waals surface area contributed by atoms with Crippen LogP contribution in [-0.4, -0.2) is 24.5 Å². The van der Waals surface area contributed by atoms with Crippen molar-refractivity contribution in [2.24, 2.45) is 11.7 Å². The fourth-order valence-electron chi connectivity index (χ4n) is 2.17. The highest BCUT2D eigenvalue weighted by molar-refractivity contribution is 5.07. The predicted molar refractivity (Wildman–Crippen MR) is 60.5 cm³/mol. The van der Waals surface area contributed by atoms with Crippen molar-refractivity contribution in [2.45, 2.75) is 26.3 Å². The highest BCUT2D eigenvalue weighted by Gasteiger charge is 2.21. The number of hydrogen-bond acceptors (Lipinski definition) is 3. The monoisotopic (exact) mass is 208 g/mol. The maximum Gasteiger partial charge on any atom is 0.118 e. The molecule has 0 saturated carbocycles. The lowest BCUT2D eigenvalue weighted by Gasteiger charge is -2.13. The molecule has 3 heteroatoms. The molecule has 2 rings (SSSR count). The van der Waals surface area contributed by atoms with E-state index < -0.39 is 0 Å². The average molecular weight is 208 g/mol. The SMILES string of the molecule is CCc1ccc(CN2CCC(CN)C2)o1. The summed E-state index contributed by atoms with van der Waals surface area (Å²) in [5.41, 5.74) is 5.66. The molecule has 3 nitrogen and oxygen atoms in total. The van der Waals surface area contributed by atoms with Gasteiger partial charge in [0.1, 0.15) is 11.5 Å². The van der Waals surface area contributed by atoms with E-state index in [-0.39, 0.29) is 0 Å². The van der Waals surface area contributed by atoms with Crippen molar-refractivity contribution in [1.29, 1.82) is 0 Å². The molecule has 0 spiro atoms. The van der Waals surface area contributed by atoms with E-state index in [1.165, 1.54) is 6.42 Å². The normalized spacial score (nSPS) is 22.4. The van der Waals surface area contributed by atoms with Crippen LogP contribution in [0.15, 0.2) is 16.5 Å². The minimum absolute atomic E-state index is 0.686. The van der Waals surface area contributed by atoms with Gasteiger partial charge in [-0.25, -0.2) is 0 Å². The van der Waals surface area contributed by atoms with E-state index >= 15 is 0 Å². The van der Waals surface area contributed by atoms with Gasteiger partial charge in [-0.3, -0.25) is 4.90 Å². The molecule has 1 atom stereocenters. The standard InChI is InChI=1S/C12H20N2O/c1-2-11-3-4-12(15-11)9-14-6-5-10(7-13)8-14/h3-4,10H,2,5-9,13H2,1H3. The molecule has 1 fully saturated rings. The van der Waals surface area contributed by atoms with Crippen LogP contribution >= 0.6 is 0 Å². The summed E-state index contributed by atoms with van der Waals surface area (Å²) in [6.07, 6.45) is 2.21. The molecule has 84 valence electrons. The highest BCUT2D eigenvalue weighted by Crippen LogP contribution is 2.18. The second-order valence-corrected chi connectivity index (χ2v) is 4.35. The average Bonchev–Trinajstić information content (AvgIpc) is 2.87. The van der Waals surface area contributed by atoms with E-state index in [0.717, 1.165) is 44.1 Å². The molecule has 1 aliphatic rings. The van der Waals surface area contributed by atoms with Crippen LogP contribution < -0.4 is 5.73 Å². The number of furan rings is 1. The molecule has 2 heterocycles. The summed E-state index contributed by atoms with van der Waals surface area (Å²) in [5, 5.41) is 0. The Hall–Kier alpha value is -0.800. The molecule has 0 bridgehead atoms. The minimum Gasteiger partial charge on any atom is -0.465 e. The van der Waals surface area contributed by atoms with Crippen LogP contribution in [0.1, 0.15) is 24.9 Å². The summed E-state index contributed by atoms with van der Waals surface area (Å²) in [5.74, 6) is 2.86. The molecule has 1 aromatic rings. The Bertz CT molecular complexity index is 308. The third kappa shape index (κ3) is 2.61. The lowest BCUT2D eigenvalue weighted by molar-refractivity contribution is 0.284. The number of hydrogen-bond donors (Lipinski definition) is 1. The van der Waals surface area contributed by atoms with E-state index in [1.807, 2.05) is 0 Å². The predicted octanol–water partition coefficient (Wildman–Crippen LogP) is 1.62. The smallest absolute Gasteiger partial charge is 0.118 e. The maximum absolute atomic E-state index is 5.69. The molecule has 0 aromatic carbocycles. The van der Waals surface area contributed by atoms with E-state index in [9.17, 15) is 0 Å². The zero-order valence-corrected chi connectivity index (χ0v) is 9.41. The Morgan fingerprint density at radius 2 is 2.27 bits per heavy atom. The molecule has 1 aliphatic heterocycles. The molecule has 1 unspecified atom stereocenters. The summed E-state index contributed by atoms with van der Waals surface area (Å²) >= 11 is 0. The van der Waals surface area contributed by atoms with Gasteiger partial charge in [0.2, 0.25) is 0 Å². The molecule has 0 radical (unpaired) electrons. The Balaban J connectivity index is 1.87. The van der Waals surface area contributed by atoms with Gasteiger partial charge < -0.3 is 10.2 Å². The van der Waals surface area contributed by atoms with Gasteiger partial charge in [0.25, 0.3) is 0 Å². The van der Waals surface area contributed by atoms with Crippen LogP contribution in [0.3, 0.4) is 0 Å². The van der Waals surface area contributed by atoms with Gasteiger partial charge in [0, 0.05) is 13.0 Å². The number of likely N-dealkylation sites (tertiary alicyclic amines) is 1. The first kappa shape index (κ1) is 10.7. The number of nitrogens with two attached hydrogens (primary N) is 1. The summed E-state index contributed by atoms with van der Waals surface area (Å²) in [6, 6.07) is 4.17. The fraction of sp³-hybridized carbons (Fsp3) is 0.667. The van der Waals surface area contributed by atoms with Crippen molar-refractivity contribution in [3.05, 3.63) is 23.7 Å². The van der Waals surface area contributed by atoms with E-state index in [0.29, 0.717) is 5.92 Å². The number of aryl methyl sites for hydroxylation is 1. The zero-order chi connectivity index (χ0) is 10.7. The van der Waals surface area contributed by atoms with Gasteiger partial charge in [0.05, 0.1) is 6.54 Å². The van der Waals surface area contributed by atoms with Gasteiger partial charge >= 0.3 is 0 Å². The van der Waals surface area contributed by atoms with Crippen molar-refractivity contribution >= 4 is 0 Å². The lowest BCUT2D eigenvalue weighted by Crippen LogP contribution is -2.22. The third-order valence-corrected chi connectivity index (χ3v) is 3.15. The summed E-state index contributed by atoms with van der Waals surface area (Å²) in [4.78, 5) is 2.43. The van der Waals surface area contributed by atoms with Crippen LogP contribution in [0.5, 0.6) is 0 Å². The molecule has 2 N–H and O–H groups in total. The second-order valence-electron chi connectivity index (χ2n) is 4.35. The van der Waals surface area contributed by atoms with Crippen molar-refractivity contribution in [3.8, 4) is 0 Å². The quantitative estimate of drug-likeness (QED) is 0.817. The highest BCUT2D eigenvalue weighted by atomic mass is 16.3. The zero-order valence-electron chi connectivity index (χ0n) is 9.41. The van der Waals surface area contributed by atoms with Crippen molar-refractivity contribution in [2.75, 3.05) is 19.6 Å². The van der Waals surface area contributed by atoms with Crippen LogP contribution in [0.25, 0.3) is 0 Å². The Labute approximate surface area is 91.2 Å². The molecular weight excluding hydrogens is 188 g/mol. The molecule has 15 heavy (non-hydrogen) atoms. The third-order valence-electron chi connectivity index (χ3n) is 3.15. The Morgan fingerprint density at radius 1 is 1.47 bits per heavy atom. The van der Waals surface area contributed by atoms with Crippen LogP contribution in [0.4, 0.5) is 0 Å². The van der Waals surface area contributed by atoms with Crippen molar-refractivity contribution in [1.82, 2.24) is 4.90 Å². The van der Waals surface area contributed by atoms with Crippen LogP contribution in [-0.2, 0) is 13.0 Å². The van der Waals surface area contributed by atoms with E-state index in [1.54, 1.807) is 0 Å². The van der Waals surface area contributed by atoms with Gasteiger partial charge in [-0.15, -0.1) is 0 Å². The topological polar surface area (TPSA) is 42.4 Å². The van der Waals surface area contributed by atoms with Crippen LogP contribution in [0, 0.1) is 5.92 Å². The van der Waals surface area contributed by atoms with Crippen molar-refractivity contribution in [3.63, 3.8) is 0 Å². The van der Waals surface area contributed by atoms with Gasteiger partial charge in [0.15, 0.2) is 0 Å². The number of rotatable bonds is 4. The molecular formula is C12H20N2O. The molecule has 0 aliphatic carbocycles. The first-order valence-electron chi connectivity index (χ1n) is 5.81.